The summed E-state index contributed by atoms with van der Waals surface area (Å²) in [4.78, 5) is 4.43. The van der Waals surface area contributed by atoms with Crippen LogP contribution in [0.2, 0.25) is 5.02 Å². The molecule has 0 saturated carbocycles. The van der Waals surface area contributed by atoms with Gasteiger partial charge in [0.25, 0.3) is 0 Å². The highest BCUT2D eigenvalue weighted by Gasteiger charge is 2.12. The lowest BCUT2D eigenvalue weighted by Gasteiger charge is -2.06. The van der Waals surface area contributed by atoms with Gasteiger partial charge in [-0.2, -0.15) is 0 Å². The summed E-state index contributed by atoms with van der Waals surface area (Å²) in [6.45, 7) is 0. The topological polar surface area (TPSA) is 43.8 Å². The third-order valence-corrected chi connectivity index (χ3v) is 3.33. The maximum atomic E-state index is 13.2. The van der Waals surface area contributed by atoms with Crippen molar-refractivity contribution in [3.8, 4) is 11.4 Å². The lowest BCUT2D eigenvalue weighted by atomic mass is 10.1. The van der Waals surface area contributed by atoms with E-state index in [1.165, 1.54) is 12.1 Å². The van der Waals surface area contributed by atoms with Crippen molar-refractivity contribution in [3.05, 3.63) is 47.2 Å². The van der Waals surface area contributed by atoms with Gasteiger partial charge in [0, 0.05) is 29.4 Å². The molecule has 3 aromatic rings. The van der Waals surface area contributed by atoms with Crippen LogP contribution in [-0.2, 0) is 7.05 Å². The Morgan fingerprint density at radius 2 is 2.00 bits per heavy atom. The molecule has 0 saturated heterocycles. The Balaban J connectivity index is 2.27. The zero-order valence-corrected chi connectivity index (χ0v) is 10.9. The summed E-state index contributed by atoms with van der Waals surface area (Å²) < 4.78 is 15.1. The van der Waals surface area contributed by atoms with E-state index in [0.717, 1.165) is 11.1 Å². The number of rotatable bonds is 1. The molecule has 0 radical (unpaired) electrons. The molecule has 19 heavy (non-hydrogen) atoms. The first-order chi connectivity index (χ1) is 9.06. The van der Waals surface area contributed by atoms with E-state index in [9.17, 15) is 4.39 Å². The first-order valence-electron chi connectivity index (χ1n) is 5.73. The minimum atomic E-state index is -0.304. The summed E-state index contributed by atoms with van der Waals surface area (Å²) in [5.74, 6) is 0.385. The maximum Gasteiger partial charge on any atom is 0.142 e. The predicted molar refractivity (Wildman–Crippen MR) is 75.5 cm³/mol. The molecule has 2 aromatic carbocycles. The fourth-order valence-corrected chi connectivity index (χ4v) is 2.33. The van der Waals surface area contributed by atoms with Crippen molar-refractivity contribution in [3.63, 3.8) is 0 Å². The van der Waals surface area contributed by atoms with Gasteiger partial charge in [0.15, 0.2) is 0 Å². The van der Waals surface area contributed by atoms with Gasteiger partial charge in [-0.1, -0.05) is 11.6 Å². The number of fused-ring (bicyclic) bond motifs is 1. The van der Waals surface area contributed by atoms with Crippen molar-refractivity contribution >= 4 is 28.3 Å². The molecule has 0 unspecified atom stereocenters. The van der Waals surface area contributed by atoms with Gasteiger partial charge in [-0.05, 0) is 30.3 Å². The van der Waals surface area contributed by atoms with Crippen LogP contribution in [-0.4, -0.2) is 9.55 Å². The van der Waals surface area contributed by atoms with Crippen molar-refractivity contribution in [2.75, 3.05) is 5.73 Å². The standard InChI is InChI=1S/C14H11ClFN3/c1-19-13-5-3-9(16)7-12(13)18-14(19)10-4-2-8(15)6-11(10)17/h2-7H,17H2,1H3. The second-order valence-electron chi connectivity index (χ2n) is 4.36. The Hall–Kier alpha value is -2.07. The Bertz CT molecular complexity index is 780. The van der Waals surface area contributed by atoms with E-state index in [4.69, 9.17) is 17.3 Å². The van der Waals surface area contributed by atoms with Gasteiger partial charge in [-0.15, -0.1) is 0 Å². The molecule has 0 atom stereocenters. The average molecular weight is 276 g/mol. The number of anilines is 1. The summed E-state index contributed by atoms with van der Waals surface area (Å²) in [6.07, 6.45) is 0. The third-order valence-electron chi connectivity index (χ3n) is 3.10. The number of benzene rings is 2. The predicted octanol–water partition coefficient (Wildman–Crippen LogP) is 3.62. The minimum Gasteiger partial charge on any atom is -0.398 e. The van der Waals surface area contributed by atoms with Crippen LogP contribution in [0.4, 0.5) is 10.1 Å². The van der Waals surface area contributed by atoms with Gasteiger partial charge < -0.3 is 10.3 Å². The maximum absolute atomic E-state index is 13.2. The molecule has 96 valence electrons. The number of halogens is 2. The molecule has 3 nitrogen and oxygen atoms in total. The molecule has 0 aliphatic heterocycles. The first kappa shape index (κ1) is 12.0. The summed E-state index contributed by atoms with van der Waals surface area (Å²) in [7, 11) is 1.87. The van der Waals surface area contributed by atoms with Gasteiger partial charge in [0.05, 0.1) is 11.0 Å². The number of nitrogen functional groups attached to an aromatic ring is 1. The Labute approximate surface area is 114 Å². The van der Waals surface area contributed by atoms with Gasteiger partial charge in [-0.25, -0.2) is 9.37 Å². The lowest BCUT2D eigenvalue weighted by molar-refractivity contribution is 0.629. The molecule has 0 aliphatic carbocycles. The van der Waals surface area contributed by atoms with Crippen LogP contribution in [0, 0.1) is 5.82 Å². The molecule has 0 aliphatic rings. The fraction of sp³-hybridized carbons (Fsp3) is 0.0714. The van der Waals surface area contributed by atoms with E-state index in [1.54, 1.807) is 18.2 Å². The van der Waals surface area contributed by atoms with Crippen molar-refractivity contribution < 1.29 is 4.39 Å². The summed E-state index contributed by atoms with van der Waals surface area (Å²) >= 11 is 5.89. The van der Waals surface area contributed by atoms with E-state index in [2.05, 4.69) is 4.98 Å². The molecule has 0 amide bonds. The molecule has 0 spiro atoms. The van der Waals surface area contributed by atoms with E-state index >= 15 is 0 Å². The highest BCUT2D eigenvalue weighted by molar-refractivity contribution is 6.31. The van der Waals surface area contributed by atoms with Crippen LogP contribution < -0.4 is 5.73 Å². The van der Waals surface area contributed by atoms with Gasteiger partial charge in [0.1, 0.15) is 11.6 Å². The summed E-state index contributed by atoms with van der Waals surface area (Å²) in [5.41, 5.74) is 8.75. The molecule has 0 fully saturated rings. The molecule has 1 heterocycles. The van der Waals surface area contributed by atoms with Crippen molar-refractivity contribution in [1.82, 2.24) is 9.55 Å². The number of aryl methyl sites for hydroxylation is 1. The molecule has 5 heteroatoms. The Kier molecular flexibility index (Phi) is 2.68. The Morgan fingerprint density at radius 1 is 1.21 bits per heavy atom. The smallest absolute Gasteiger partial charge is 0.142 e. The quantitative estimate of drug-likeness (QED) is 0.690. The fourth-order valence-electron chi connectivity index (χ4n) is 2.15. The van der Waals surface area contributed by atoms with E-state index in [-0.39, 0.29) is 5.82 Å². The molecule has 3 rings (SSSR count). The van der Waals surface area contributed by atoms with Gasteiger partial charge >= 0.3 is 0 Å². The second-order valence-corrected chi connectivity index (χ2v) is 4.80. The average Bonchev–Trinajstić information content (AvgIpc) is 2.66. The monoisotopic (exact) mass is 275 g/mol. The van der Waals surface area contributed by atoms with E-state index < -0.39 is 0 Å². The summed E-state index contributed by atoms with van der Waals surface area (Å²) in [5, 5.41) is 0.575. The zero-order chi connectivity index (χ0) is 13.6. The van der Waals surface area contributed by atoms with Gasteiger partial charge in [0.2, 0.25) is 0 Å². The van der Waals surface area contributed by atoms with Crippen LogP contribution in [0.15, 0.2) is 36.4 Å². The van der Waals surface area contributed by atoms with Crippen molar-refractivity contribution in [1.29, 1.82) is 0 Å². The number of imidazole rings is 1. The van der Waals surface area contributed by atoms with Crippen molar-refractivity contribution in [2.24, 2.45) is 7.05 Å². The number of hydrogen-bond donors (Lipinski definition) is 1. The van der Waals surface area contributed by atoms with Crippen molar-refractivity contribution in [2.45, 2.75) is 0 Å². The van der Waals surface area contributed by atoms with E-state index in [0.29, 0.717) is 22.1 Å². The minimum absolute atomic E-state index is 0.304. The second kappa shape index (κ2) is 4.24. The number of nitrogens with two attached hydrogens (primary N) is 1. The Morgan fingerprint density at radius 3 is 2.74 bits per heavy atom. The summed E-state index contributed by atoms with van der Waals surface area (Å²) in [6, 6.07) is 9.77. The zero-order valence-electron chi connectivity index (χ0n) is 10.2. The highest BCUT2D eigenvalue weighted by Crippen LogP contribution is 2.30. The largest absolute Gasteiger partial charge is 0.398 e. The molecule has 0 bridgehead atoms. The SMILES string of the molecule is Cn1c(-c2ccc(Cl)cc2N)nc2cc(F)ccc21. The van der Waals surface area contributed by atoms with Crippen LogP contribution in [0.25, 0.3) is 22.4 Å². The third kappa shape index (κ3) is 1.94. The van der Waals surface area contributed by atoms with Crippen LogP contribution in [0.5, 0.6) is 0 Å². The lowest BCUT2D eigenvalue weighted by Crippen LogP contribution is -1.96. The highest BCUT2D eigenvalue weighted by atomic mass is 35.5. The van der Waals surface area contributed by atoms with E-state index in [1.807, 2.05) is 17.7 Å². The van der Waals surface area contributed by atoms with Crippen LogP contribution in [0.3, 0.4) is 0 Å². The normalized spacial score (nSPS) is 11.1. The van der Waals surface area contributed by atoms with Crippen LogP contribution in [0.1, 0.15) is 0 Å². The van der Waals surface area contributed by atoms with Gasteiger partial charge in [-0.3, -0.25) is 0 Å². The number of hydrogen-bond acceptors (Lipinski definition) is 2. The first-order valence-corrected chi connectivity index (χ1v) is 6.11. The number of aromatic nitrogens is 2. The number of nitrogens with zero attached hydrogens (tertiary/aromatic N) is 2. The molecule has 1 aromatic heterocycles. The molecule has 2 N–H and O–H groups in total. The van der Waals surface area contributed by atoms with Crippen LogP contribution >= 0.6 is 11.6 Å². The molecular formula is C14H11ClFN3. The molecular weight excluding hydrogens is 265 g/mol.